The maximum atomic E-state index is 10.8. The van der Waals surface area contributed by atoms with Crippen LogP contribution in [0.4, 0.5) is 0 Å². The second kappa shape index (κ2) is 9.35. The van der Waals surface area contributed by atoms with Crippen molar-refractivity contribution in [3.63, 3.8) is 0 Å². The van der Waals surface area contributed by atoms with E-state index >= 15 is 0 Å². The fraction of sp³-hybridized carbons (Fsp3) is 0.474. The number of carboxylic acids is 1. The number of carboxylic acid groups (broad SMARTS) is 1. The second-order valence-corrected chi connectivity index (χ2v) is 8.03. The summed E-state index contributed by atoms with van der Waals surface area (Å²) in [7, 11) is 0. The summed E-state index contributed by atoms with van der Waals surface area (Å²) in [6.07, 6.45) is 3.28. The first kappa shape index (κ1) is 19.1. The largest absolute Gasteiger partial charge is 0.486 e. The van der Waals surface area contributed by atoms with Crippen molar-refractivity contribution in [2.24, 2.45) is 5.92 Å². The van der Waals surface area contributed by atoms with E-state index in [0.717, 1.165) is 55.3 Å². The first-order valence-corrected chi connectivity index (χ1v) is 10.1. The number of benzene rings is 1. The third-order valence-corrected chi connectivity index (χ3v) is 5.65. The lowest BCUT2D eigenvalue weighted by Crippen LogP contribution is -2.35. The first-order chi connectivity index (χ1) is 12.6. The van der Waals surface area contributed by atoms with Crippen LogP contribution in [0, 0.1) is 5.92 Å². The fourth-order valence-corrected chi connectivity index (χ4v) is 4.07. The second-order valence-electron chi connectivity index (χ2n) is 6.65. The Morgan fingerprint density at radius 1 is 1.38 bits per heavy atom. The predicted octanol–water partition coefficient (Wildman–Crippen LogP) is 4.45. The standard InChI is InChI=1S/C19H23ClN2O3S/c20-15-4-6-17(7-5-15)25-12-18-21-16(13-26-18)11-22-9-1-2-14(10-22)3-8-19(23)24/h4-7,13-14H,1-3,8-12H2,(H,23,24). The van der Waals surface area contributed by atoms with E-state index in [9.17, 15) is 4.79 Å². The zero-order valence-electron chi connectivity index (χ0n) is 14.6. The maximum Gasteiger partial charge on any atom is 0.303 e. The van der Waals surface area contributed by atoms with Crippen LogP contribution in [0.2, 0.25) is 5.02 Å². The Bertz CT molecular complexity index is 720. The minimum absolute atomic E-state index is 0.265. The molecule has 5 nitrogen and oxygen atoms in total. The van der Waals surface area contributed by atoms with E-state index < -0.39 is 5.97 Å². The summed E-state index contributed by atoms with van der Waals surface area (Å²) < 4.78 is 5.74. The normalized spacial score (nSPS) is 18.0. The van der Waals surface area contributed by atoms with Gasteiger partial charge in [0, 0.05) is 29.9 Å². The molecule has 0 aliphatic carbocycles. The molecule has 2 aromatic rings. The van der Waals surface area contributed by atoms with Gasteiger partial charge in [0.2, 0.25) is 0 Å². The van der Waals surface area contributed by atoms with Gasteiger partial charge in [0.15, 0.2) is 0 Å². The molecule has 3 rings (SSSR count). The lowest BCUT2D eigenvalue weighted by atomic mass is 9.93. The van der Waals surface area contributed by atoms with Crippen LogP contribution in [-0.4, -0.2) is 34.0 Å². The molecule has 1 aliphatic rings. The van der Waals surface area contributed by atoms with Crippen molar-refractivity contribution in [3.05, 3.63) is 45.4 Å². The van der Waals surface area contributed by atoms with Crippen molar-refractivity contribution in [2.45, 2.75) is 38.8 Å². The summed E-state index contributed by atoms with van der Waals surface area (Å²) in [6.45, 7) is 3.29. The third kappa shape index (κ3) is 5.97. The lowest BCUT2D eigenvalue weighted by Gasteiger charge is -2.32. The molecule has 1 aliphatic heterocycles. The number of halogens is 1. The molecule has 1 N–H and O–H groups in total. The Balaban J connectivity index is 1.46. The molecule has 26 heavy (non-hydrogen) atoms. The average molecular weight is 395 g/mol. The number of ether oxygens (including phenoxy) is 1. The van der Waals surface area contributed by atoms with Gasteiger partial charge in [-0.2, -0.15) is 0 Å². The van der Waals surface area contributed by atoms with Crippen LogP contribution >= 0.6 is 22.9 Å². The van der Waals surface area contributed by atoms with Crippen molar-refractivity contribution in [1.82, 2.24) is 9.88 Å². The van der Waals surface area contributed by atoms with Crippen molar-refractivity contribution in [1.29, 1.82) is 0 Å². The number of hydrogen-bond acceptors (Lipinski definition) is 5. The van der Waals surface area contributed by atoms with Gasteiger partial charge >= 0.3 is 5.97 Å². The molecular formula is C19H23ClN2O3S. The molecule has 1 unspecified atom stereocenters. The van der Waals surface area contributed by atoms with Gasteiger partial charge in [-0.3, -0.25) is 9.69 Å². The quantitative estimate of drug-likeness (QED) is 0.716. The summed E-state index contributed by atoms with van der Waals surface area (Å²) in [5, 5.41) is 12.6. The molecule has 0 radical (unpaired) electrons. The van der Waals surface area contributed by atoms with Crippen LogP contribution < -0.4 is 4.74 Å². The van der Waals surface area contributed by atoms with Crippen molar-refractivity contribution < 1.29 is 14.6 Å². The minimum Gasteiger partial charge on any atom is -0.486 e. The lowest BCUT2D eigenvalue weighted by molar-refractivity contribution is -0.137. The van der Waals surface area contributed by atoms with Crippen LogP contribution in [0.3, 0.4) is 0 Å². The molecule has 2 heterocycles. The number of carbonyl (C=O) groups is 1. The molecule has 140 valence electrons. The predicted molar refractivity (Wildman–Crippen MR) is 103 cm³/mol. The van der Waals surface area contributed by atoms with Gasteiger partial charge in [0.05, 0.1) is 5.69 Å². The van der Waals surface area contributed by atoms with Gasteiger partial charge in [-0.15, -0.1) is 11.3 Å². The number of hydrogen-bond donors (Lipinski definition) is 1. The van der Waals surface area contributed by atoms with Gasteiger partial charge in [-0.25, -0.2) is 4.98 Å². The zero-order valence-corrected chi connectivity index (χ0v) is 16.1. The van der Waals surface area contributed by atoms with Crippen molar-refractivity contribution >= 4 is 28.9 Å². The summed E-state index contributed by atoms with van der Waals surface area (Å²) >= 11 is 7.48. The minimum atomic E-state index is -0.702. The van der Waals surface area contributed by atoms with Crippen LogP contribution in [-0.2, 0) is 17.9 Å². The number of piperidine rings is 1. The molecular weight excluding hydrogens is 372 g/mol. The number of rotatable bonds is 8. The van der Waals surface area contributed by atoms with Crippen LogP contribution in [0.15, 0.2) is 29.6 Å². The van der Waals surface area contributed by atoms with Crippen LogP contribution in [0.25, 0.3) is 0 Å². The van der Waals surface area contributed by atoms with Crippen molar-refractivity contribution in [2.75, 3.05) is 13.1 Å². The van der Waals surface area contributed by atoms with Gasteiger partial charge in [0.25, 0.3) is 0 Å². The number of thiazole rings is 1. The van der Waals surface area contributed by atoms with E-state index in [1.165, 1.54) is 0 Å². The molecule has 1 atom stereocenters. The molecule has 1 fully saturated rings. The molecule has 1 aromatic heterocycles. The molecule has 1 aromatic carbocycles. The number of likely N-dealkylation sites (tertiary alicyclic amines) is 1. The maximum absolute atomic E-state index is 10.8. The highest BCUT2D eigenvalue weighted by Gasteiger charge is 2.21. The average Bonchev–Trinajstić information content (AvgIpc) is 3.07. The highest BCUT2D eigenvalue weighted by molar-refractivity contribution is 7.09. The van der Waals surface area contributed by atoms with Crippen LogP contribution in [0.5, 0.6) is 5.75 Å². The summed E-state index contributed by atoms with van der Waals surface area (Å²) in [4.78, 5) is 17.8. The van der Waals surface area contributed by atoms with Gasteiger partial charge in [0.1, 0.15) is 17.4 Å². The van der Waals surface area contributed by atoms with Crippen LogP contribution in [0.1, 0.15) is 36.4 Å². The van der Waals surface area contributed by atoms with E-state index in [0.29, 0.717) is 17.5 Å². The Hall–Kier alpha value is -1.63. The highest BCUT2D eigenvalue weighted by Crippen LogP contribution is 2.23. The smallest absolute Gasteiger partial charge is 0.303 e. The molecule has 0 amide bonds. The Morgan fingerprint density at radius 3 is 2.96 bits per heavy atom. The topological polar surface area (TPSA) is 62.7 Å². The Kier molecular flexibility index (Phi) is 6.88. The molecule has 0 spiro atoms. The van der Waals surface area contributed by atoms with E-state index in [2.05, 4.69) is 15.3 Å². The van der Waals surface area contributed by atoms with E-state index in [1.54, 1.807) is 23.5 Å². The summed E-state index contributed by atoms with van der Waals surface area (Å²) in [5.74, 6) is 0.557. The first-order valence-electron chi connectivity index (χ1n) is 8.84. The Labute approximate surface area is 162 Å². The van der Waals surface area contributed by atoms with E-state index in [1.807, 2.05) is 12.1 Å². The molecule has 7 heteroatoms. The SMILES string of the molecule is O=C(O)CCC1CCCN(Cc2csc(COc3ccc(Cl)cc3)n2)C1. The van der Waals surface area contributed by atoms with Gasteiger partial charge in [-0.1, -0.05) is 11.6 Å². The van der Waals surface area contributed by atoms with Gasteiger partial charge in [-0.05, 0) is 56.0 Å². The number of nitrogens with zero attached hydrogens (tertiary/aromatic N) is 2. The molecule has 0 bridgehead atoms. The zero-order chi connectivity index (χ0) is 18.4. The Morgan fingerprint density at radius 2 is 2.19 bits per heavy atom. The summed E-state index contributed by atoms with van der Waals surface area (Å²) in [5.41, 5.74) is 1.06. The van der Waals surface area contributed by atoms with E-state index in [-0.39, 0.29) is 6.42 Å². The van der Waals surface area contributed by atoms with E-state index in [4.69, 9.17) is 21.4 Å². The fourth-order valence-electron chi connectivity index (χ4n) is 3.25. The highest BCUT2D eigenvalue weighted by atomic mass is 35.5. The number of aliphatic carboxylic acids is 1. The van der Waals surface area contributed by atoms with Gasteiger partial charge < -0.3 is 9.84 Å². The van der Waals surface area contributed by atoms with Crippen molar-refractivity contribution in [3.8, 4) is 5.75 Å². The third-order valence-electron chi connectivity index (χ3n) is 4.53. The molecule has 0 saturated carbocycles. The molecule has 1 saturated heterocycles. The summed E-state index contributed by atoms with van der Waals surface area (Å²) in [6, 6.07) is 7.31. The number of aromatic nitrogens is 1. The monoisotopic (exact) mass is 394 g/mol.